The summed E-state index contributed by atoms with van der Waals surface area (Å²) in [5, 5.41) is 3.07. The van der Waals surface area contributed by atoms with Gasteiger partial charge in [0.2, 0.25) is 5.91 Å². The molecule has 3 heterocycles. The average molecular weight is 376 g/mol. The highest BCUT2D eigenvalue weighted by molar-refractivity contribution is 5.97. The van der Waals surface area contributed by atoms with Crippen LogP contribution >= 0.6 is 0 Å². The van der Waals surface area contributed by atoms with Crippen LogP contribution in [0.25, 0.3) is 0 Å². The molecule has 0 saturated carbocycles. The Bertz CT molecular complexity index is 649. The molecule has 1 aromatic rings. The molecular weight excluding hydrogens is 342 g/mol. The Hall–Kier alpha value is -1.86. The fraction of sp³-hybridized carbons (Fsp3) is 0.700. The van der Waals surface area contributed by atoms with Crippen molar-refractivity contribution < 1.29 is 9.59 Å². The van der Waals surface area contributed by atoms with Gasteiger partial charge in [-0.2, -0.15) is 0 Å². The molecule has 2 aliphatic rings. The number of hydrogen-bond acceptors (Lipinski definition) is 4. The maximum Gasteiger partial charge on any atom is 0.271 e. The van der Waals surface area contributed by atoms with Crippen LogP contribution in [0.15, 0.2) is 18.3 Å². The van der Waals surface area contributed by atoms with Crippen molar-refractivity contribution in [1.82, 2.24) is 24.6 Å². The average Bonchev–Trinajstić information content (AvgIpc) is 3.13. The first-order valence-corrected chi connectivity index (χ1v) is 10.2. The minimum atomic E-state index is -0.434. The van der Waals surface area contributed by atoms with Gasteiger partial charge in [0, 0.05) is 52.0 Å². The van der Waals surface area contributed by atoms with E-state index >= 15 is 0 Å². The monoisotopic (exact) mass is 375 g/mol. The summed E-state index contributed by atoms with van der Waals surface area (Å²) in [5.41, 5.74) is 0.675. The van der Waals surface area contributed by atoms with Crippen molar-refractivity contribution in [2.24, 2.45) is 5.92 Å². The van der Waals surface area contributed by atoms with E-state index in [1.54, 1.807) is 4.90 Å². The highest BCUT2D eigenvalue weighted by atomic mass is 16.2. The van der Waals surface area contributed by atoms with Crippen LogP contribution in [-0.2, 0) is 11.3 Å². The fourth-order valence-electron chi connectivity index (χ4n) is 3.95. The van der Waals surface area contributed by atoms with Crippen molar-refractivity contribution in [3.63, 3.8) is 0 Å². The number of nitrogens with one attached hydrogen (secondary N) is 1. The first-order valence-electron chi connectivity index (χ1n) is 10.2. The molecule has 27 heavy (non-hydrogen) atoms. The minimum Gasteiger partial charge on any atom is -0.353 e. The van der Waals surface area contributed by atoms with Gasteiger partial charge in [-0.15, -0.1) is 0 Å². The largest absolute Gasteiger partial charge is 0.353 e. The number of rotatable bonds is 7. The minimum absolute atomic E-state index is 0.0456. The van der Waals surface area contributed by atoms with Crippen molar-refractivity contribution in [1.29, 1.82) is 0 Å². The highest BCUT2D eigenvalue weighted by Crippen LogP contribution is 2.20. The van der Waals surface area contributed by atoms with Gasteiger partial charge < -0.3 is 19.7 Å². The van der Waals surface area contributed by atoms with E-state index in [2.05, 4.69) is 35.9 Å². The number of likely N-dealkylation sites (N-methyl/N-ethyl adjacent to an activating group) is 1. The van der Waals surface area contributed by atoms with E-state index in [0.717, 1.165) is 39.3 Å². The third-order valence-corrected chi connectivity index (χ3v) is 5.56. The molecule has 2 amide bonds. The van der Waals surface area contributed by atoms with Crippen LogP contribution in [-0.4, -0.2) is 89.5 Å². The molecule has 0 radical (unpaired) electrons. The van der Waals surface area contributed by atoms with Crippen LogP contribution in [0, 0.1) is 5.92 Å². The highest BCUT2D eigenvalue weighted by Gasteiger charge is 2.36. The quantitative estimate of drug-likeness (QED) is 0.763. The molecule has 1 atom stereocenters. The standard InChI is InChI=1S/C20H33N5O2/c1-4-22-10-12-23(13-11-22)9-7-21-19(26)18-15-24-8-5-6-17(24)20(27)25(18)14-16(2)3/h5-6,8,16,18H,4,7,9-15H2,1-3H3,(H,21,26). The van der Waals surface area contributed by atoms with Crippen molar-refractivity contribution in [3.8, 4) is 0 Å². The number of fused-ring (bicyclic) bond motifs is 1. The van der Waals surface area contributed by atoms with Gasteiger partial charge in [0.25, 0.3) is 5.91 Å². The molecular formula is C20H33N5O2. The van der Waals surface area contributed by atoms with Gasteiger partial charge in [-0.25, -0.2) is 0 Å². The van der Waals surface area contributed by atoms with Crippen LogP contribution in [0.1, 0.15) is 31.3 Å². The zero-order chi connectivity index (χ0) is 19.4. The Morgan fingerprint density at radius 3 is 2.59 bits per heavy atom. The van der Waals surface area contributed by atoms with Crippen LogP contribution in [0.4, 0.5) is 0 Å². The lowest BCUT2D eigenvalue weighted by atomic mass is 10.1. The molecule has 1 aromatic heterocycles. The van der Waals surface area contributed by atoms with Crippen molar-refractivity contribution >= 4 is 11.8 Å². The number of aromatic nitrogens is 1. The summed E-state index contributed by atoms with van der Waals surface area (Å²) in [5.74, 6) is 0.229. The van der Waals surface area contributed by atoms with E-state index in [9.17, 15) is 9.59 Å². The molecule has 0 bridgehead atoms. The lowest BCUT2D eigenvalue weighted by Gasteiger charge is -2.37. The molecule has 7 heteroatoms. The van der Waals surface area contributed by atoms with Crippen LogP contribution < -0.4 is 5.32 Å². The van der Waals surface area contributed by atoms with Gasteiger partial charge in [-0.3, -0.25) is 14.5 Å². The second-order valence-corrected chi connectivity index (χ2v) is 7.98. The normalized spacial score (nSPS) is 21.6. The first-order chi connectivity index (χ1) is 13.0. The number of nitrogens with zero attached hydrogens (tertiary/aromatic N) is 4. The topological polar surface area (TPSA) is 60.8 Å². The number of amides is 2. The maximum atomic E-state index is 12.9. The van der Waals surface area contributed by atoms with Gasteiger partial charge in [0.15, 0.2) is 0 Å². The van der Waals surface area contributed by atoms with Crippen molar-refractivity contribution in [2.45, 2.75) is 33.4 Å². The molecule has 3 rings (SSSR count). The Morgan fingerprint density at radius 1 is 1.22 bits per heavy atom. The van der Waals surface area contributed by atoms with E-state index in [1.807, 2.05) is 22.9 Å². The number of piperazine rings is 1. The molecule has 0 aromatic carbocycles. The van der Waals surface area contributed by atoms with Gasteiger partial charge in [0.1, 0.15) is 11.7 Å². The lowest BCUT2D eigenvalue weighted by molar-refractivity contribution is -0.126. The molecule has 7 nitrogen and oxygen atoms in total. The second-order valence-electron chi connectivity index (χ2n) is 7.98. The van der Waals surface area contributed by atoms with Gasteiger partial charge in [-0.05, 0) is 24.6 Å². The Balaban J connectivity index is 1.55. The smallest absolute Gasteiger partial charge is 0.271 e. The van der Waals surface area contributed by atoms with E-state index in [4.69, 9.17) is 0 Å². The van der Waals surface area contributed by atoms with E-state index in [-0.39, 0.29) is 11.8 Å². The molecule has 2 aliphatic heterocycles. The molecule has 1 fully saturated rings. The number of hydrogen-bond donors (Lipinski definition) is 1. The summed E-state index contributed by atoms with van der Waals surface area (Å²) in [6.07, 6.45) is 1.88. The third kappa shape index (κ3) is 4.71. The summed E-state index contributed by atoms with van der Waals surface area (Å²) in [7, 11) is 0. The molecule has 1 unspecified atom stereocenters. The predicted octanol–water partition coefficient (Wildman–Crippen LogP) is 0.722. The zero-order valence-corrected chi connectivity index (χ0v) is 16.9. The zero-order valence-electron chi connectivity index (χ0n) is 16.9. The maximum absolute atomic E-state index is 12.9. The molecule has 150 valence electrons. The van der Waals surface area contributed by atoms with Gasteiger partial charge in [-0.1, -0.05) is 20.8 Å². The Morgan fingerprint density at radius 2 is 1.93 bits per heavy atom. The van der Waals surface area contributed by atoms with Gasteiger partial charge in [0.05, 0.1) is 6.54 Å². The SMILES string of the molecule is CCN1CCN(CCNC(=O)C2Cn3cccc3C(=O)N2CC(C)C)CC1. The van der Waals surface area contributed by atoms with Crippen LogP contribution in [0.2, 0.25) is 0 Å². The Labute approximate surface area is 162 Å². The summed E-state index contributed by atoms with van der Waals surface area (Å²) in [6, 6.07) is 3.27. The van der Waals surface area contributed by atoms with Crippen molar-refractivity contribution in [3.05, 3.63) is 24.0 Å². The van der Waals surface area contributed by atoms with E-state index in [1.165, 1.54) is 0 Å². The molecule has 0 spiro atoms. The summed E-state index contributed by atoms with van der Waals surface area (Å²) in [6.45, 7) is 14.4. The van der Waals surface area contributed by atoms with Crippen LogP contribution in [0.5, 0.6) is 0 Å². The number of carbonyl (C=O) groups is 2. The van der Waals surface area contributed by atoms with E-state index in [0.29, 0.717) is 31.2 Å². The van der Waals surface area contributed by atoms with Crippen molar-refractivity contribution in [2.75, 3.05) is 52.4 Å². The summed E-state index contributed by atoms with van der Waals surface area (Å²) in [4.78, 5) is 32.3. The molecule has 0 aliphatic carbocycles. The predicted molar refractivity (Wildman–Crippen MR) is 106 cm³/mol. The summed E-state index contributed by atoms with van der Waals surface area (Å²) >= 11 is 0. The first kappa shape index (κ1) is 19.9. The van der Waals surface area contributed by atoms with E-state index < -0.39 is 6.04 Å². The second kappa shape index (κ2) is 8.89. The number of carbonyl (C=O) groups excluding carboxylic acids is 2. The van der Waals surface area contributed by atoms with Crippen LogP contribution in [0.3, 0.4) is 0 Å². The fourth-order valence-corrected chi connectivity index (χ4v) is 3.95. The molecule has 1 N–H and O–H groups in total. The summed E-state index contributed by atoms with van der Waals surface area (Å²) < 4.78 is 1.90. The van der Waals surface area contributed by atoms with Gasteiger partial charge >= 0.3 is 0 Å². The lowest BCUT2D eigenvalue weighted by Crippen LogP contribution is -2.56. The molecule has 1 saturated heterocycles. The Kier molecular flexibility index (Phi) is 6.55. The third-order valence-electron chi connectivity index (χ3n) is 5.56.